The first-order valence-corrected chi connectivity index (χ1v) is 8.61. The van der Waals surface area contributed by atoms with Crippen LogP contribution in [0.3, 0.4) is 0 Å². The third-order valence-corrected chi connectivity index (χ3v) is 4.16. The third kappa shape index (κ3) is 6.22. The molecule has 4 heteroatoms. The van der Waals surface area contributed by atoms with Gasteiger partial charge in [0.05, 0.1) is 0 Å². The van der Waals surface area contributed by atoms with Crippen molar-refractivity contribution in [3.8, 4) is 0 Å². The number of amides is 1. The summed E-state index contributed by atoms with van der Waals surface area (Å²) in [6, 6.07) is 10.7. The van der Waals surface area contributed by atoms with Crippen LogP contribution >= 0.6 is 0 Å². The largest absolute Gasteiger partial charge is 0.444 e. The van der Waals surface area contributed by atoms with Crippen molar-refractivity contribution in [3.05, 3.63) is 35.9 Å². The molecule has 2 atom stereocenters. The van der Waals surface area contributed by atoms with Crippen molar-refractivity contribution in [2.75, 3.05) is 13.1 Å². The quantitative estimate of drug-likeness (QED) is 0.918. The summed E-state index contributed by atoms with van der Waals surface area (Å²) in [7, 11) is 0. The molecule has 1 N–H and O–H groups in total. The normalized spacial score (nSPS) is 22.6. The van der Waals surface area contributed by atoms with Crippen LogP contribution in [-0.4, -0.2) is 35.7 Å². The molecule has 1 aliphatic rings. The molecule has 1 amide bonds. The van der Waals surface area contributed by atoms with Gasteiger partial charge in [0, 0.05) is 25.7 Å². The number of benzene rings is 1. The second-order valence-corrected chi connectivity index (χ2v) is 7.53. The highest BCUT2D eigenvalue weighted by atomic mass is 16.6. The van der Waals surface area contributed by atoms with Crippen LogP contribution in [0.4, 0.5) is 4.79 Å². The molecule has 1 aromatic rings. The van der Waals surface area contributed by atoms with Gasteiger partial charge in [-0.1, -0.05) is 43.7 Å². The summed E-state index contributed by atoms with van der Waals surface area (Å²) in [5, 5.41) is 3.05. The zero-order valence-electron chi connectivity index (χ0n) is 14.8. The minimum Gasteiger partial charge on any atom is -0.444 e. The number of rotatable bonds is 4. The fourth-order valence-electron chi connectivity index (χ4n) is 3.15. The summed E-state index contributed by atoms with van der Waals surface area (Å²) in [6.07, 6.45) is 1.86. The zero-order valence-corrected chi connectivity index (χ0v) is 14.8. The lowest BCUT2D eigenvalue weighted by Gasteiger charge is -2.38. The number of nitrogens with zero attached hydrogens (tertiary/aromatic N) is 1. The Morgan fingerprint density at radius 1 is 1.26 bits per heavy atom. The predicted octanol–water partition coefficient (Wildman–Crippen LogP) is 3.81. The van der Waals surface area contributed by atoms with Gasteiger partial charge in [-0.2, -0.15) is 0 Å². The molecular weight excluding hydrogens is 288 g/mol. The topological polar surface area (TPSA) is 41.6 Å². The van der Waals surface area contributed by atoms with E-state index < -0.39 is 5.60 Å². The maximum atomic E-state index is 12.0. The van der Waals surface area contributed by atoms with Crippen molar-refractivity contribution in [2.45, 2.75) is 58.7 Å². The van der Waals surface area contributed by atoms with Crippen molar-refractivity contribution in [1.29, 1.82) is 0 Å². The minimum absolute atomic E-state index is 0.160. The van der Waals surface area contributed by atoms with Crippen LogP contribution in [0.5, 0.6) is 0 Å². The Labute approximate surface area is 140 Å². The van der Waals surface area contributed by atoms with E-state index in [2.05, 4.69) is 41.4 Å². The number of likely N-dealkylation sites (tertiary alicyclic amines) is 1. The molecule has 1 fully saturated rings. The second-order valence-electron chi connectivity index (χ2n) is 7.53. The first-order valence-electron chi connectivity index (χ1n) is 8.61. The summed E-state index contributed by atoms with van der Waals surface area (Å²) in [5.74, 6) is 0.618. The van der Waals surface area contributed by atoms with Crippen LogP contribution in [0, 0.1) is 5.92 Å². The Bertz CT molecular complexity index is 496. The van der Waals surface area contributed by atoms with E-state index in [9.17, 15) is 4.79 Å². The molecule has 0 aromatic heterocycles. The SMILES string of the molecule is CCC1CC(NC(=O)OC(C)(C)C)CN(Cc2ccccc2)C1. The van der Waals surface area contributed by atoms with E-state index in [1.165, 1.54) is 5.56 Å². The van der Waals surface area contributed by atoms with E-state index >= 15 is 0 Å². The number of alkyl carbamates (subject to hydrolysis) is 1. The number of carbonyl (C=O) groups is 1. The second kappa shape index (κ2) is 7.82. The molecule has 128 valence electrons. The molecule has 2 unspecified atom stereocenters. The van der Waals surface area contributed by atoms with E-state index in [1.54, 1.807) is 0 Å². The number of ether oxygens (including phenoxy) is 1. The molecular formula is C19H30N2O2. The number of piperidine rings is 1. The molecule has 1 saturated heterocycles. The maximum absolute atomic E-state index is 12.0. The van der Waals surface area contributed by atoms with Crippen LogP contribution in [0.15, 0.2) is 30.3 Å². The predicted molar refractivity (Wildman–Crippen MR) is 93.3 cm³/mol. The molecule has 23 heavy (non-hydrogen) atoms. The van der Waals surface area contributed by atoms with Crippen LogP contribution < -0.4 is 5.32 Å². The van der Waals surface area contributed by atoms with E-state index in [4.69, 9.17) is 4.74 Å². The van der Waals surface area contributed by atoms with Crippen LogP contribution in [-0.2, 0) is 11.3 Å². The Balaban J connectivity index is 1.93. The summed E-state index contributed by atoms with van der Waals surface area (Å²) in [4.78, 5) is 14.5. The van der Waals surface area contributed by atoms with Gasteiger partial charge in [-0.15, -0.1) is 0 Å². The average Bonchev–Trinajstić information content (AvgIpc) is 2.45. The third-order valence-electron chi connectivity index (χ3n) is 4.16. The molecule has 1 heterocycles. The molecule has 0 spiro atoms. The smallest absolute Gasteiger partial charge is 0.407 e. The van der Waals surface area contributed by atoms with Crippen LogP contribution in [0.1, 0.15) is 46.1 Å². The standard InChI is InChI=1S/C19H30N2O2/c1-5-15-11-17(20-18(22)23-19(2,3)4)14-21(12-15)13-16-9-7-6-8-10-16/h6-10,15,17H,5,11-14H2,1-4H3,(H,20,22). The summed E-state index contributed by atoms with van der Waals surface area (Å²) in [6.45, 7) is 10.8. The Morgan fingerprint density at radius 3 is 2.57 bits per heavy atom. The van der Waals surface area contributed by atoms with E-state index in [0.717, 1.165) is 32.5 Å². The lowest BCUT2D eigenvalue weighted by atomic mass is 9.92. The van der Waals surface area contributed by atoms with E-state index in [0.29, 0.717) is 5.92 Å². The maximum Gasteiger partial charge on any atom is 0.407 e. The van der Waals surface area contributed by atoms with Crippen molar-refractivity contribution in [1.82, 2.24) is 10.2 Å². The molecule has 0 saturated carbocycles. The van der Waals surface area contributed by atoms with Gasteiger partial charge in [0.25, 0.3) is 0 Å². The van der Waals surface area contributed by atoms with Gasteiger partial charge < -0.3 is 10.1 Å². The molecule has 1 aliphatic heterocycles. The number of hydrogen-bond donors (Lipinski definition) is 1. The Hall–Kier alpha value is -1.55. The van der Waals surface area contributed by atoms with Crippen molar-refractivity contribution >= 4 is 6.09 Å². The molecule has 4 nitrogen and oxygen atoms in total. The van der Waals surface area contributed by atoms with Gasteiger partial charge in [0.2, 0.25) is 0 Å². The lowest BCUT2D eigenvalue weighted by Crippen LogP contribution is -2.51. The average molecular weight is 318 g/mol. The fraction of sp³-hybridized carbons (Fsp3) is 0.632. The van der Waals surface area contributed by atoms with Crippen LogP contribution in [0.25, 0.3) is 0 Å². The highest BCUT2D eigenvalue weighted by Crippen LogP contribution is 2.22. The van der Waals surface area contributed by atoms with E-state index in [1.807, 2.05) is 26.8 Å². The highest BCUT2D eigenvalue weighted by molar-refractivity contribution is 5.68. The molecule has 0 bridgehead atoms. The number of nitrogens with one attached hydrogen (secondary N) is 1. The summed E-state index contributed by atoms with van der Waals surface area (Å²) < 4.78 is 5.39. The van der Waals surface area contributed by atoms with E-state index in [-0.39, 0.29) is 12.1 Å². The van der Waals surface area contributed by atoms with Crippen molar-refractivity contribution < 1.29 is 9.53 Å². The minimum atomic E-state index is -0.452. The van der Waals surface area contributed by atoms with Crippen molar-refractivity contribution in [2.24, 2.45) is 5.92 Å². The van der Waals surface area contributed by atoms with Gasteiger partial charge in [-0.3, -0.25) is 4.90 Å². The number of hydrogen-bond acceptors (Lipinski definition) is 3. The molecule has 2 rings (SSSR count). The lowest BCUT2D eigenvalue weighted by molar-refractivity contribution is 0.0443. The number of carbonyl (C=O) groups excluding carboxylic acids is 1. The van der Waals surface area contributed by atoms with Gasteiger partial charge in [0.1, 0.15) is 5.60 Å². The first-order chi connectivity index (χ1) is 10.9. The molecule has 0 radical (unpaired) electrons. The Morgan fingerprint density at radius 2 is 1.96 bits per heavy atom. The highest BCUT2D eigenvalue weighted by Gasteiger charge is 2.28. The summed E-state index contributed by atoms with van der Waals surface area (Å²) in [5.41, 5.74) is 0.868. The van der Waals surface area contributed by atoms with Crippen LogP contribution in [0.2, 0.25) is 0 Å². The van der Waals surface area contributed by atoms with Gasteiger partial charge in [0.15, 0.2) is 0 Å². The van der Waals surface area contributed by atoms with Gasteiger partial charge >= 0.3 is 6.09 Å². The van der Waals surface area contributed by atoms with Gasteiger partial charge in [-0.25, -0.2) is 4.79 Å². The fourth-order valence-corrected chi connectivity index (χ4v) is 3.15. The van der Waals surface area contributed by atoms with Crippen molar-refractivity contribution in [3.63, 3.8) is 0 Å². The first kappa shape index (κ1) is 17.8. The molecule has 0 aliphatic carbocycles. The Kier molecular flexibility index (Phi) is 6.05. The van der Waals surface area contributed by atoms with Gasteiger partial charge in [-0.05, 0) is 38.7 Å². The zero-order chi connectivity index (χ0) is 16.9. The summed E-state index contributed by atoms with van der Waals surface area (Å²) >= 11 is 0. The monoisotopic (exact) mass is 318 g/mol. The molecule has 1 aromatic carbocycles.